The van der Waals surface area contributed by atoms with E-state index in [4.69, 9.17) is 9.47 Å². The topological polar surface area (TPSA) is 96.4 Å². The average molecular weight is 372 g/mol. The summed E-state index contributed by atoms with van der Waals surface area (Å²) in [5.41, 5.74) is -1.44. The lowest BCUT2D eigenvalue weighted by atomic mass is 9.97. The Morgan fingerprint density at radius 2 is 1.31 bits per heavy atom. The number of carbonyl (C=O) groups excluding carboxylic acids is 2. The van der Waals surface area contributed by atoms with E-state index in [1.165, 1.54) is 9.80 Å². The predicted molar refractivity (Wildman–Crippen MR) is 95.9 cm³/mol. The Morgan fingerprint density at radius 1 is 0.885 bits per heavy atom. The summed E-state index contributed by atoms with van der Waals surface area (Å²) in [6.07, 6.45) is -1.27. The van der Waals surface area contributed by atoms with Gasteiger partial charge in [0.15, 0.2) is 6.04 Å². The lowest BCUT2D eigenvalue weighted by molar-refractivity contribution is -0.146. The number of hydrogen-bond acceptors (Lipinski definition) is 5. The van der Waals surface area contributed by atoms with Crippen LogP contribution in [0.2, 0.25) is 0 Å². The Bertz CT molecular complexity index is 547. The molecule has 0 aromatic rings. The highest BCUT2D eigenvalue weighted by atomic mass is 16.6. The van der Waals surface area contributed by atoms with Crippen LogP contribution in [0.25, 0.3) is 0 Å². The smallest absolute Gasteiger partial charge is 0.411 e. The fraction of sp³-hybridized carbons (Fsp3) is 0.833. The van der Waals surface area contributed by atoms with Gasteiger partial charge in [-0.15, -0.1) is 0 Å². The molecule has 0 radical (unpaired) electrons. The van der Waals surface area contributed by atoms with E-state index < -0.39 is 35.4 Å². The third kappa shape index (κ3) is 6.07. The van der Waals surface area contributed by atoms with Gasteiger partial charge in [0.1, 0.15) is 11.2 Å². The number of hydrogen-bond donors (Lipinski definition) is 1. The van der Waals surface area contributed by atoms with Crippen molar-refractivity contribution in [2.75, 3.05) is 13.1 Å². The highest BCUT2D eigenvalue weighted by Gasteiger charge is 2.45. The van der Waals surface area contributed by atoms with E-state index in [-0.39, 0.29) is 25.0 Å². The molecule has 1 fully saturated rings. The Labute approximate surface area is 155 Å². The van der Waals surface area contributed by atoms with E-state index in [9.17, 15) is 19.5 Å². The summed E-state index contributed by atoms with van der Waals surface area (Å²) in [6, 6.07) is -1.56. The number of carboxylic acids is 1. The molecule has 150 valence electrons. The quantitative estimate of drug-likeness (QED) is 0.800. The first-order valence-electron chi connectivity index (χ1n) is 8.84. The van der Waals surface area contributed by atoms with E-state index in [1.807, 2.05) is 13.8 Å². The zero-order valence-electron chi connectivity index (χ0n) is 17.0. The van der Waals surface area contributed by atoms with Crippen LogP contribution in [0.5, 0.6) is 0 Å². The third-order valence-corrected chi connectivity index (χ3v) is 3.84. The number of ether oxygens (including phenoxy) is 2. The van der Waals surface area contributed by atoms with Crippen molar-refractivity contribution < 1.29 is 29.0 Å². The molecule has 1 saturated heterocycles. The van der Waals surface area contributed by atoms with Crippen molar-refractivity contribution in [3.05, 3.63) is 0 Å². The standard InChI is InChI=1S/C18H32N2O6/c1-11(2)12-9-20(16(24)26-18(6,7)8)13(14(21)22)10-19(12)15(23)25-17(3,4)5/h11-13H,9-10H2,1-8H3,(H,21,22)/t12?,13-/m1/s1. The fourth-order valence-electron chi connectivity index (χ4n) is 2.68. The van der Waals surface area contributed by atoms with Crippen LogP contribution in [0, 0.1) is 5.92 Å². The summed E-state index contributed by atoms with van der Waals surface area (Å²) >= 11 is 0. The summed E-state index contributed by atoms with van der Waals surface area (Å²) < 4.78 is 10.8. The van der Waals surface area contributed by atoms with Gasteiger partial charge in [0.2, 0.25) is 0 Å². The van der Waals surface area contributed by atoms with Gasteiger partial charge in [-0.25, -0.2) is 14.4 Å². The van der Waals surface area contributed by atoms with Crippen molar-refractivity contribution in [2.45, 2.75) is 78.7 Å². The third-order valence-electron chi connectivity index (χ3n) is 3.84. The first kappa shape index (κ1) is 22.1. The maximum atomic E-state index is 12.6. The second-order valence-corrected chi connectivity index (χ2v) is 8.93. The summed E-state index contributed by atoms with van der Waals surface area (Å²) in [6.45, 7) is 14.2. The monoisotopic (exact) mass is 372 g/mol. The van der Waals surface area contributed by atoms with E-state index in [2.05, 4.69) is 0 Å². The summed E-state index contributed by atoms with van der Waals surface area (Å²) in [7, 11) is 0. The SMILES string of the molecule is CC(C)C1CN(C(=O)OC(C)(C)C)[C@@H](C(=O)O)CN1C(=O)OC(C)(C)C. The van der Waals surface area contributed by atoms with Crippen molar-refractivity contribution in [1.29, 1.82) is 0 Å². The minimum Gasteiger partial charge on any atom is -0.480 e. The highest BCUT2D eigenvalue weighted by Crippen LogP contribution is 2.25. The first-order chi connectivity index (χ1) is 11.6. The van der Waals surface area contributed by atoms with Crippen LogP contribution in [0.4, 0.5) is 9.59 Å². The minimum absolute atomic E-state index is 0.00204. The number of rotatable bonds is 2. The van der Waals surface area contributed by atoms with Gasteiger partial charge in [-0.05, 0) is 47.5 Å². The van der Waals surface area contributed by atoms with Crippen molar-refractivity contribution in [1.82, 2.24) is 9.80 Å². The zero-order chi connectivity index (χ0) is 20.4. The highest BCUT2D eigenvalue weighted by molar-refractivity contribution is 5.82. The Morgan fingerprint density at radius 3 is 1.65 bits per heavy atom. The lowest BCUT2D eigenvalue weighted by Crippen LogP contribution is -2.65. The largest absolute Gasteiger partial charge is 0.480 e. The van der Waals surface area contributed by atoms with Crippen LogP contribution < -0.4 is 0 Å². The molecule has 2 atom stereocenters. The minimum atomic E-state index is -1.19. The molecule has 0 aromatic carbocycles. The average Bonchev–Trinajstić information content (AvgIpc) is 2.41. The number of carbonyl (C=O) groups is 3. The van der Waals surface area contributed by atoms with Gasteiger partial charge in [0.25, 0.3) is 0 Å². The molecule has 8 nitrogen and oxygen atoms in total. The Kier molecular flexibility index (Phi) is 6.54. The zero-order valence-corrected chi connectivity index (χ0v) is 17.0. The maximum absolute atomic E-state index is 12.6. The number of aliphatic carboxylic acids is 1. The lowest BCUT2D eigenvalue weighted by Gasteiger charge is -2.46. The molecule has 0 spiro atoms. The van der Waals surface area contributed by atoms with Crippen LogP contribution >= 0.6 is 0 Å². The molecule has 0 saturated carbocycles. The van der Waals surface area contributed by atoms with Crippen LogP contribution in [0.3, 0.4) is 0 Å². The fourth-order valence-corrected chi connectivity index (χ4v) is 2.68. The van der Waals surface area contributed by atoms with Gasteiger partial charge < -0.3 is 19.5 Å². The van der Waals surface area contributed by atoms with E-state index in [0.29, 0.717) is 0 Å². The molecule has 1 N–H and O–H groups in total. The van der Waals surface area contributed by atoms with E-state index >= 15 is 0 Å². The van der Waals surface area contributed by atoms with Gasteiger partial charge in [-0.1, -0.05) is 13.8 Å². The van der Waals surface area contributed by atoms with Gasteiger partial charge in [-0.2, -0.15) is 0 Å². The predicted octanol–water partition coefficient (Wildman–Crippen LogP) is 2.95. The van der Waals surface area contributed by atoms with Crippen LogP contribution in [-0.2, 0) is 14.3 Å². The van der Waals surface area contributed by atoms with Crippen LogP contribution in [0.1, 0.15) is 55.4 Å². The molecule has 1 unspecified atom stereocenters. The number of piperazine rings is 1. The van der Waals surface area contributed by atoms with Crippen molar-refractivity contribution >= 4 is 18.2 Å². The van der Waals surface area contributed by atoms with Crippen LogP contribution in [0.15, 0.2) is 0 Å². The molecule has 0 aliphatic carbocycles. The Balaban J connectivity index is 3.12. The summed E-state index contributed by atoms with van der Waals surface area (Å²) in [4.78, 5) is 39.4. The Hall–Kier alpha value is -1.99. The number of nitrogens with zero attached hydrogens (tertiary/aromatic N) is 2. The molecule has 0 aromatic heterocycles. The summed E-state index contributed by atoms with van der Waals surface area (Å²) in [5.74, 6) is -1.19. The second kappa shape index (κ2) is 7.72. The number of amides is 2. The van der Waals surface area contributed by atoms with Gasteiger partial charge >= 0.3 is 18.2 Å². The molecule has 1 rings (SSSR count). The molecule has 1 aliphatic rings. The van der Waals surface area contributed by atoms with E-state index in [1.54, 1.807) is 41.5 Å². The van der Waals surface area contributed by atoms with Gasteiger partial charge in [-0.3, -0.25) is 4.90 Å². The molecule has 2 amide bonds. The van der Waals surface area contributed by atoms with Crippen molar-refractivity contribution in [3.63, 3.8) is 0 Å². The molecule has 0 bridgehead atoms. The second-order valence-electron chi connectivity index (χ2n) is 8.93. The van der Waals surface area contributed by atoms with Crippen molar-refractivity contribution in [2.24, 2.45) is 5.92 Å². The maximum Gasteiger partial charge on any atom is 0.411 e. The number of carboxylic acid groups (broad SMARTS) is 1. The van der Waals surface area contributed by atoms with Crippen molar-refractivity contribution in [3.8, 4) is 0 Å². The first-order valence-corrected chi connectivity index (χ1v) is 8.84. The van der Waals surface area contributed by atoms with E-state index in [0.717, 1.165) is 0 Å². The summed E-state index contributed by atoms with van der Waals surface area (Å²) in [5, 5.41) is 9.58. The molecule has 8 heteroatoms. The molecule has 1 heterocycles. The molecular weight excluding hydrogens is 340 g/mol. The van der Waals surface area contributed by atoms with Gasteiger partial charge in [0.05, 0.1) is 12.6 Å². The van der Waals surface area contributed by atoms with Gasteiger partial charge in [0, 0.05) is 6.54 Å². The molecule has 1 aliphatic heterocycles. The molecular formula is C18H32N2O6. The molecule has 26 heavy (non-hydrogen) atoms. The van der Waals surface area contributed by atoms with Crippen LogP contribution in [-0.4, -0.2) is 69.4 Å². The normalized spacial score (nSPS) is 21.6.